The number of hydrogen-bond acceptors (Lipinski definition) is 4. The number of halogens is 3. The van der Waals surface area contributed by atoms with Crippen molar-refractivity contribution >= 4 is 15.7 Å². The quantitative estimate of drug-likeness (QED) is 0.411. The van der Waals surface area contributed by atoms with Crippen LogP contribution >= 0.6 is 0 Å². The molecule has 2 aromatic carbocycles. The van der Waals surface area contributed by atoms with Gasteiger partial charge in [-0.25, -0.2) is 13.4 Å². The number of benzene rings is 2. The second kappa shape index (κ2) is 8.83. The summed E-state index contributed by atoms with van der Waals surface area (Å²) in [5.41, 5.74) is 1.88. The Morgan fingerprint density at radius 3 is 2.23 bits per heavy atom. The van der Waals surface area contributed by atoms with Crippen molar-refractivity contribution in [2.45, 2.75) is 75.7 Å². The van der Waals surface area contributed by atoms with E-state index in [0.29, 0.717) is 23.7 Å². The standard InChI is InChI=1S/C29H33F3N4O2S/c1-27(2,3)21-4-7-24(8-5-21)39(37,38)35-15-20-10-22(29(30,31)32)6-9-25(20)36(16-23-14-33-18-34-23)26(17-35)28-11-19(12-28)13-28/h4-10,14,18-19,26H,11-13,15-17H2,1-3H3,(H,33,34)/t19?,26-,28?/m0/s1. The number of nitrogens with zero attached hydrogens (tertiary/aromatic N) is 3. The normalized spacial score (nSPS) is 25.4. The molecule has 3 aliphatic carbocycles. The zero-order valence-electron chi connectivity index (χ0n) is 22.3. The number of nitrogens with one attached hydrogen (secondary N) is 1. The molecule has 1 atom stereocenters. The zero-order chi connectivity index (χ0) is 27.8. The van der Waals surface area contributed by atoms with E-state index in [1.54, 1.807) is 24.7 Å². The van der Waals surface area contributed by atoms with E-state index in [1.165, 1.54) is 10.4 Å². The third-order valence-electron chi connectivity index (χ3n) is 8.86. The second-order valence-electron chi connectivity index (χ2n) is 12.5. The van der Waals surface area contributed by atoms with E-state index in [-0.39, 0.29) is 34.9 Å². The largest absolute Gasteiger partial charge is 0.416 e. The summed E-state index contributed by atoms with van der Waals surface area (Å²) in [5, 5.41) is 0. The van der Waals surface area contributed by atoms with Gasteiger partial charge in [-0.2, -0.15) is 17.5 Å². The van der Waals surface area contributed by atoms with Gasteiger partial charge in [-0.05, 0) is 77.5 Å². The average Bonchev–Trinajstić information content (AvgIpc) is 3.26. The molecule has 10 heteroatoms. The zero-order valence-corrected chi connectivity index (χ0v) is 23.1. The maximum Gasteiger partial charge on any atom is 0.416 e. The first-order chi connectivity index (χ1) is 18.3. The molecule has 2 bridgehead atoms. The fourth-order valence-electron chi connectivity index (χ4n) is 6.57. The Labute approximate surface area is 227 Å². The minimum atomic E-state index is -4.53. The molecular weight excluding hydrogens is 525 g/mol. The van der Waals surface area contributed by atoms with Gasteiger partial charge in [0.05, 0.1) is 29.0 Å². The molecule has 1 aliphatic heterocycles. The molecule has 7 rings (SSSR count). The van der Waals surface area contributed by atoms with E-state index >= 15 is 0 Å². The third kappa shape index (κ3) is 4.55. The molecule has 0 saturated heterocycles. The van der Waals surface area contributed by atoms with Crippen LogP contribution in [0, 0.1) is 11.3 Å². The van der Waals surface area contributed by atoms with Crippen molar-refractivity contribution in [2.75, 3.05) is 11.4 Å². The van der Waals surface area contributed by atoms with Crippen LogP contribution in [0.2, 0.25) is 0 Å². The van der Waals surface area contributed by atoms with Crippen LogP contribution in [0.1, 0.15) is 62.4 Å². The number of anilines is 1. The number of H-pyrrole nitrogens is 1. The molecule has 3 fully saturated rings. The van der Waals surface area contributed by atoms with Crippen LogP contribution < -0.4 is 4.90 Å². The summed E-state index contributed by atoms with van der Waals surface area (Å²) in [6.07, 6.45) is 1.80. The van der Waals surface area contributed by atoms with Crippen LogP contribution in [0.15, 0.2) is 59.9 Å². The first kappa shape index (κ1) is 26.4. The van der Waals surface area contributed by atoms with Crippen molar-refractivity contribution in [1.82, 2.24) is 14.3 Å². The van der Waals surface area contributed by atoms with E-state index in [4.69, 9.17) is 0 Å². The van der Waals surface area contributed by atoms with Crippen LogP contribution in [0.3, 0.4) is 0 Å². The van der Waals surface area contributed by atoms with Gasteiger partial charge in [-0.1, -0.05) is 32.9 Å². The molecule has 2 heterocycles. The van der Waals surface area contributed by atoms with Crippen LogP contribution in [0.4, 0.5) is 18.9 Å². The fraction of sp³-hybridized carbons (Fsp3) is 0.483. The molecule has 1 N–H and O–H groups in total. The lowest BCUT2D eigenvalue weighted by Crippen LogP contribution is -2.66. The first-order valence-corrected chi connectivity index (χ1v) is 14.8. The van der Waals surface area contributed by atoms with Crippen LogP contribution in [-0.2, 0) is 34.7 Å². The Balaban J connectivity index is 1.45. The fourth-order valence-corrected chi connectivity index (χ4v) is 7.99. The van der Waals surface area contributed by atoms with Crippen LogP contribution in [0.5, 0.6) is 0 Å². The van der Waals surface area contributed by atoms with E-state index in [1.807, 2.05) is 12.1 Å². The Kier molecular flexibility index (Phi) is 5.97. The van der Waals surface area contributed by atoms with Gasteiger partial charge in [0.15, 0.2) is 0 Å². The van der Waals surface area contributed by atoms with Crippen molar-refractivity contribution in [3.05, 3.63) is 77.4 Å². The second-order valence-corrected chi connectivity index (χ2v) is 14.4. The predicted molar refractivity (Wildman–Crippen MR) is 143 cm³/mol. The lowest BCUT2D eigenvalue weighted by atomic mass is 9.41. The molecule has 4 aliphatic rings. The lowest BCUT2D eigenvalue weighted by Gasteiger charge is -2.67. The van der Waals surface area contributed by atoms with Gasteiger partial charge < -0.3 is 9.88 Å². The Hall–Kier alpha value is -2.85. The molecule has 6 nitrogen and oxygen atoms in total. The monoisotopic (exact) mass is 558 g/mol. The van der Waals surface area contributed by atoms with Gasteiger partial charge >= 0.3 is 6.18 Å². The van der Waals surface area contributed by atoms with Crippen molar-refractivity contribution < 1.29 is 21.6 Å². The van der Waals surface area contributed by atoms with E-state index < -0.39 is 21.8 Å². The van der Waals surface area contributed by atoms with Gasteiger partial charge in [-0.3, -0.25) is 0 Å². The maximum atomic E-state index is 14.1. The molecular formula is C29H33F3N4O2S. The van der Waals surface area contributed by atoms with Gasteiger partial charge in [0.25, 0.3) is 0 Å². The Morgan fingerprint density at radius 1 is 1.03 bits per heavy atom. The van der Waals surface area contributed by atoms with E-state index in [9.17, 15) is 21.6 Å². The highest BCUT2D eigenvalue weighted by Crippen LogP contribution is 2.67. The summed E-state index contributed by atoms with van der Waals surface area (Å²) in [5.74, 6) is 0.657. The lowest BCUT2D eigenvalue weighted by molar-refractivity contribution is -0.137. The third-order valence-corrected chi connectivity index (χ3v) is 10.7. The molecule has 1 aromatic heterocycles. The van der Waals surface area contributed by atoms with Gasteiger partial charge in [0.1, 0.15) is 0 Å². The summed E-state index contributed by atoms with van der Waals surface area (Å²) >= 11 is 0. The summed E-state index contributed by atoms with van der Waals surface area (Å²) in [7, 11) is -3.98. The summed E-state index contributed by atoms with van der Waals surface area (Å²) in [4.78, 5) is 9.51. The van der Waals surface area contributed by atoms with Crippen molar-refractivity contribution in [3.63, 3.8) is 0 Å². The molecule has 0 radical (unpaired) electrons. The van der Waals surface area contributed by atoms with E-state index in [2.05, 4.69) is 35.6 Å². The number of hydrogen-bond donors (Lipinski definition) is 1. The smallest absolute Gasteiger partial charge is 0.361 e. The van der Waals surface area contributed by atoms with Crippen molar-refractivity contribution in [2.24, 2.45) is 11.3 Å². The highest BCUT2D eigenvalue weighted by Gasteiger charge is 2.62. The molecule has 0 amide bonds. The number of aromatic amines is 1. The summed E-state index contributed by atoms with van der Waals surface area (Å²) < 4.78 is 70.9. The minimum absolute atomic E-state index is 0.0428. The highest BCUT2D eigenvalue weighted by atomic mass is 32.2. The average molecular weight is 559 g/mol. The van der Waals surface area contributed by atoms with Crippen molar-refractivity contribution in [1.29, 1.82) is 0 Å². The number of fused-ring (bicyclic) bond motifs is 1. The number of rotatable bonds is 5. The topological polar surface area (TPSA) is 69.3 Å². The van der Waals surface area contributed by atoms with Crippen LogP contribution in [-0.4, -0.2) is 35.3 Å². The molecule has 0 unspecified atom stereocenters. The molecule has 3 saturated carbocycles. The molecule has 0 spiro atoms. The van der Waals surface area contributed by atoms with Crippen LogP contribution in [0.25, 0.3) is 0 Å². The highest BCUT2D eigenvalue weighted by molar-refractivity contribution is 7.89. The molecule has 39 heavy (non-hydrogen) atoms. The first-order valence-electron chi connectivity index (χ1n) is 13.3. The van der Waals surface area contributed by atoms with E-state index in [0.717, 1.165) is 42.7 Å². The summed E-state index contributed by atoms with van der Waals surface area (Å²) in [6, 6.07) is 10.4. The number of imidazole rings is 1. The Morgan fingerprint density at radius 2 is 1.69 bits per heavy atom. The predicted octanol–water partition coefficient (Wildman–Crippen LogP) is 6.11. The SMILES string of the molecule is CC(C)(C)c1ccc(S(=O)(=O)N2Cc3cc(C(F)(F)F)ccc3N(Cc3cnc[nH]3)[C@H](C34CC(C3)C4)C2)cc1. The van der Waals surface area contributed by atoms with Crippen molar-refractivity contribution in [3.8, 4) is 0 Å². The van der Waals surface area contributed by atoms with Gasteiger partial charge in [0, 0.05) is 31.0 Å². The minimum Gasteiger partial charge on any atom is -0.361 e. The molecule has 3 aromatic rings. The maximum absolute atomic E-state index is 14.1. The number of sulfonamides is 1. The molecule has 208 valence electrons. The van der Waals surface area contributed by atoms with Gasteiger partial charge in [0.2, 0.25) is 10.0 Å². The summed E-state index contributed by atoms with van der Waals surface area (Å²) in [6.45, 7) is 6.66. The number of alkyl halides is 3. The Bertz CT molecular complexity index is 1460. The number of aromatic nitrogens is 2. The van der Waals surface area contributed by atoms with Gasteiger partial charge in [-0.15, -0.1) is 0 Å².